The molecule has 20 heavy (non-hydrogen) atoms. The molecule has 1 fully saturated rings. The van der Waals surface area contributed by atoms with Gasteiger partial charge in [-0.05, 0) is 68.8 Å². The lowest BCUT2D eigenvalue weighted by Gasteiger charge is -2.19. The molecule has 0 bridgehead atoms. The fourth-order valence-electron chi connectivity index (χ4n) is 2.92. The standard InChI is InChI=1S/C17H26BrNO/c1-2-19-13-15(8-9-17-7-4-10-20-17)11-14-5-3-6-16(18)12-14/h3,5-6,12,15,17,19H,2,4,7-11,13H2,1H3. The Hall–Kier alpha value is -0.380. The Labute approximate surface area is 131 Å². The topological polar surface area (TPSA) is 21.3 Å². The number of ether oxygens (including phenoxy) is 1. The van der Waals surface area contributed by atoms with Crippen LogP contribution in [0.3, 0.4) is 0 Å². The molecule has 3 heteroatoms. The van der Waals surface area contributed by atoms with Crippen molar-refractivity contribution in [2.75, 3.05) is 19.7 Å². The number of rotatable bonds is 8. The van der Waals surface area contributed by atoms with Crippen LogP contribution in [-0.4, -0.2) is 25.8 Å². The maximum Gasteiger partial charge on any atom is 0.0576 e. The molecule has 2 nitrogen and oxygen atoms in total. The van der Waals surface area contributed by atoms with Crippen LogP contribution in [0.5, 0.6) is 0 Å². The Kier molecular flexibility index (Phi) is 7.05. The summed E-state index contributed by atoms with van der Waals surface area (Å²) < 4.78 is 6.93. The van der Waals surface area contributed by atoms with E-state index in [4.69, 9.17) is 4.74 Å². The first-order valence-corrected chi connectivity index (χ1v) is 8.64. The quantitative estimate of drug-likeness (QED) is 0.767. The number of nitrogens with one attached hydrogen (secondary N) is 1. The third-order valence-electron chi connectivity index (χ3n) is 4.02. The summed E-state index contributed by atoms with van der Waals surface area (Å²) in [4.78, 5) is 0. The maximum absolute atomic E-state index is 5.75. The molecule has 0 radical (unpaired) electrons. The lowest BCUT2D eigenvalue weighted by atomic mass is 9.93. The van der Waals surface area contributed by atoms with Gasteiger partial charge in [0.2, 0.25) is 0 Å². The van der Waals surface area contributed by atoms with E-state index in [1.807, 2.05) is 0 Å². The highest BCUT2D eigenvalue weighted by molar-refractivity contribution is 9.10. The number of hydrogen-bond acceptors (Lipinski definition) is 2. The van der Waals surface area contributed by atoms with Gasteiger partial charge in [-0.1, -0.05) is 35.0 Å². The van der Waals surface area contributed by atoms with E-state index in [0.29, 0.717) is 12.0 Å². The molecular formula is C17H26BrNO. The molecule has 1 heterocycles. The molecular weight excluding hydrogens is 314 g/mol. The molecule has 2 rings (SSSR count). The lowest BCUT2D eigenvalue weighted by Crippen LogP contribution is -2.25. The van der Waals surface area contributed by atoms with Gasteiger partial charge in [0.1, 0.15) is 0 Å². The fourth-order valence-corrected chi connectivity index (χ4v) is 3.36. The summed E-state index contributed by atoms with van der Waals surface area (Å²) in [5, 5.41) is 3.51. The third kappa shape index (κ3) is 5.55. The summed E-state index contributed by atoms with van der Waals surface area (Å²) in [5.41, 5.74) is 1.43. The summed E-state index contributed by atoms with van der Waals surface area (Å²) in [5.74, 6) is 0.702. The molecule has 2 atom stereocenters. The second-order valence-electron chi connectivity index (χ2n) is 5.72. The summed E-state index contributed by atoms with van der Waals surface area (Å²) in [6.07, 6.45) is 6.63. The van der Waals surface area contributed by atoms with Crippen LogP contribution >= 0.6 is 15.9 Å². The second-order valence-corrected chi connectivity index (χ2v) is 6.64. The fraction of sp³-hybridized carbons (Fsp3) is 0.647. The second kappa shape index (κ2) is 8.81. The number of halogens is 1. The largest absolute Gasteiger partial charge is 0.378 e. The first kappa shape index (κ1) is 16.0. The van der Waals surface area contributed by atoms with Gasteiger partial charge in [-0.3, -0.25) is 0 Å². The molecule has 1 N–H and O–H groups in total. The van der Waals surface area contributed by atoms with Crippen molar-refractivity contribution in [3.05, 3.63) is 34.3 Å². The highest BCUT2D eigenvalue weighted by atomic mass is 79.9. The zero-order valence-electron chi connectivity index (χ0n) is 12.4. The van der Waals surface area contributed by atoms with E-state index in [1.165, 1.54) is 35.7 Å². The van der Waals surface area contributed by atoms with Gasteiger partial charge in [0.25, 0.3) is 0 Å². The van der Waals surface area contributed by atoms with Gasteiger partial charge in [0.15, 0.2) is 0 Å². The van der Waals surface area contributed by atoms with Crippen LogP contribution < -0.4 is 5.32 Å². The molecule has 112 valence electrons. The number of benzene rings is 1. The van der Waals surface area contributed by atoms with Crippen molar-refractivity contribution < 1.29 is 4.74 Å². The van der Waals surface area contributed by atoms with Crippen LogP contribution in [0.15, 0.2) is 28.7 Å². The first-order chi connectivity index (χ1) is 9.78. The normalized spacial score (nSPS) is 20.2. The van der Waals surface area contributed by atoms with E-state index in [-0.39, 0.29) is 0 Å². The zero-order chi connectivity index (χ0) is 14.2. The Morgan fingerprint density at radius 3 is 3.05 bits per heavy atom. The van der Waals surface area contributed by atoms with Gasteiger partial charge in [0.05, 0.1) is 6.10 Å². The molecule has 1 saturated heterocycles. The Morgan fingerprint density at radius 1 is 1.45 bits per heavy atom. The van der Waals surface area contributed by atoms with Crippen molar-refractivity contribution in [1.82, 2.24) is 5.32 Å². The van der Waals surface area contributed by atoms with Gasteiger partial charge in [-0.25, -0.2) is 0 Å². The molecule has 2 unspecified atom stereocenters. The monoisotopic (exact) mass is 339 g/mol. The zero-order valence-corrected chi connectivity index (χ0v) is 14.0. The first-order valence-electron chi connectivity index (χ1n) is 7.84. The van der Waals surface area contributed by atoms with Crippen molar-refractivity contribution in [3.63, 3.8) is 0 Å². The average Bonchev–Trinajstić information content (AvgIpc) is 2.95. The predicted octanol–water partition coefficient (Wildman–Crippen LogP) is 4.18. The van der Waals surface area contributed by atoms with Gasteiger partial charge < -0.3 is 10.1 Å². The summed E-state index contributed by atoms with van der Waals surface area (Å²) in [7, 11) is 0. The summed E-state index contributed by atoms with van der Waals surface area (Å²) >= 11 is 3.56. The van der Waals surface area contributed by atoms with Gasteiger partial charge in [-0.2, -0.15) is 0 Å². The number of hydrogen-bond donors (Lipinski definition) is 1. The van der Waals surface area contributed by atoms with Crippen LogP contribution in [-0.2, 0) is 11.2 Å². The van der Waals surface area contributed by atoms with E-state index in [9.17, 15) is 0 Å². The SMILES string of the molecule is CCNCC(CCC1CCCO1)Cc1cccc(Br)c1. The smallest absolute Gasteiger partial charge is 0.0576 e. The minimum absolute atomic E-state index is 0.515. The minimum atomic E-state index is 0.515. The predicted molar refractivity (Wildman–Crippen MR) is 88.1 cm³/mol. The molecule has 1 aromatic carbocycles. The van der Waals surface area contributed by atoms with E-state index >= 15 is 0 Å². The molecule has 0 amide bonds. The van der Waals surface area contributed by atoms with Crippen molar-refractivity contribution in [1.29, 1.82) is 0 Å². The van der Waals surface area contributed by atoms with Crippen molar-refractivity contribution in [2.24, 2.45) is 5.92 Å². The van der Waals surface area contributed by atoms with E-state index in [1.54, 1.807) is 0 Å². The molecule has 1 aromatic rings. The van der Waals surface area contributed by atoms with E-state index < -0.39 is 0 Å². The summed E-state index contributed by atoms with van der Waals surface area (Å²) in [6, 6.07) is 8.69. The van der Waals surface area contributed by atoms with Crippen molar-refractivity contribution in [3.8, 4) is 0 Å². The molecule has 1 aliphatic rings. The molecule has 0 saturated carbocycles. The molecule has 0 aromatic heterocycles. The van der Waals surface area contributed by atoms with Crippen molar-refractivity contribution in [2.45, 2.75) is 45.1 Å². The van der Waals surface area contributed by atoms with E-state index in [2.05, 4.69) is 52.4 Å². The van der Waals surface area contributed by atoms with Crippen molar-refractivity contribution >= 4 is 15.9 Å². The van der Waals surface area contributed by atoms with Crippen LogP contribution in [0.2, 0.25) is 0 Å². The summed E-state index contributed by atoms with van der Waals surface area (Å²) in [6.45, 7) is 5.30. The van der Waals surface area contributed by atoms with Gasteiger partial charge >= 0.3 is 0 Å². The van der Waals surface area contributed by atoms with Crippen LogP contribution in [0.4, 0.5) is 0 Å². The molecule has 1 aliphatic heterocycles. The van der Waals surface area contributed by atoms with E-state index in [0.717, 1.165) is 26.1 Å². The van der Waals surface area contributed by atoms with Gasteiger partial charge in [0, 0.05) is 11.1 Å². The Morgan fingerprint density at radius 2 is 2.35 bits per heavy atom. The highest BCUT2D eigenvalue weighted by Gasteiger charge is 2.18. The average molecular weight is 340 g/mol. The Bertz CT molecular complexity index is 390. The maximum atomic E-state index is 5.75. The van der Waals surface area contributed by atoms with Gasteiger partial charge in [-0.15, -0.1) is 0 Å². The van der Waals surface area contributed by atoms with Crippen LogP contribution in [0.1, 0.15) is 38.2 Å². The Balaban J connectivity index is 1.85. The molecule has 0 aliphatic carbocycles. The lowest BCUT2D eigenvalue weighted by molar-refractivity contribution is 0.0979. The third-order valence-corrected chi connectivity index (χ3v) is 4.51. The highest BCUT2D eigenvalue weighted by Crippen LogP contribution is 2.22. The van der Waals surface area contributed by atoms with Crippen LogP contribution in [0.25, 0.3) is 0 Å². The molecule has 0 spiro atoms. The van der Waals surface area contributed by atoms with Crippen LogP contribution in [0, 0.1) is 5.92 Å². The minimum Gasteiger partial charge on any atom is -0.378 e.